The van der Waals surface area contributed by atoms with Crippen LogP contribution in [0, 0.1) is 0 Å². The molecule has 0 atom stereocenters. The van der Waals surface area contributed by atoms with Crippen LogP contribution < -0.4 is 4.74 Å². The maximum absolute atomic E-state index is 11.9. The van der Waals surface area contributed by atoms with E-state index in [2.05, 4.69) is 6.58 Å². The Hall–Kier alpha value is -2.10. The normalized spacial score (nSPS) is 9.95. The van der Waals surface area contributed by atoms with Crippen LogP contribution in [-0.2, 0) is 9.53 Å². The van der Waals surface area contributed by atoms with E-state index in [9.17, 15) is 9.59 Å². The van der Waals surface area contributed by atoms with Gasteiger partial charge in [0.15, 0.2) is 12.4 Å². The summed E-state index contributed by atoms with van der Waals surface area (Å²) in [6.45, 7) is 3.42. The summed E-state index contributed by atoms with van der Waals surface area (Å²) in [4.78, 5) is 23.4. The number of rotatable bonds is 10. The smallest absolute Gasteiger partial charge is 0.306 e. The van der Waals surface area contributed by atoms with E-state index >= 15 is 0 Å². The quantitative estimate of drug-likeness (QED) is 0.286. The van der Waals surface area contributed by atoms with E-state index in [0.717, 1.165) is 25.7 Å². The number of Topliss-reactive ketones (excluding diaryl/α,β-unsaturated/α-hetero) is 1. The second kappa shape index (κ2) is 9.75. The van der Waals surface area contributed by atoms with Crippen molar-refractivity contribution in [2.24, 2.45) is 0 Å². The largest absolute Gasteiger partial charge is 0.497 e. The van der Waals surface area contributed by atoms with Gasteiger partial charge in [-0.15, -0.1) is 6.58 Å². The zero-order valence-electron chi connectivity index (χ0n) is 12.5. The first-order valence-corrected chi connectivity index (χ1v) is 7.11. The molecule has 0 radical (unpaired) electrons. The predicted molar refractivity (Wildman–Crippen MR) is 81.6 cm³/mol. The van der Waals surface area contributed by atoms with Gasteiger partial charge in [0.25, 0.3) is 0 Å². The topological polar surface area (TPSA) is 52.6 Å². The van der Waals surface area contributed by atoms with E-state index in [1.807, 2.05) is 6.08 Å². The summed E-state index contributed by atoms with van der Waals surface area (Å²) in [6.07, 6.45) is 5.95. The third kappa shape index (κ3) is 6.75. The first-order chi connectivity index (χ1) is 10.2. The second-order valence-electron chi connectivity index (χ2n) is 4.70. The summed E-state index contributed by atoms with van der Waals surface area (Å²) in [6, 6.07) is 6.79. The Labute approximate surface area is 125 Å². The van der Waals surface area contributed by atoms with Gasteiger partial charge in [-0.25, -0.2) is 0 Å². The molecule has 0 aliphatic carbocycles. The average molecular weight is 290 g/mol. The van der Waals surface area contributed by atoms with Gasteiger partial charge in [-0.1, -0.05) is 24.6 Å². The van der Waals surface area contributed by atoms with Crippen molar-refractivity contribution >= 4 is 11.8 Å². The van der Waals surface area contributed by atoms with E-state index in [1.54, 1.807) is 24.3 Å². The summed E-state index contributed by atoms with van der Waals surface area (Å²) in [7, 11) is 1.54. The number of esters is 1. The van der Waals surface area contributed by atoms with Crippen LogP contribution in [0.15, 0.2) is 36.9 Å². The lowest BCUT2D eigenvalue weighted by molar-refractivity contribution is -0.142. The molecule has 4 heteroatoms. The molecule has 4 nitrogen and oxygen atoms in total. The minimum absolute atomic E-state index is 0.224. The summed E-state index contributed by atoms with van der Waals surface area (Å²) in [5.41, 5.74) is 0.480. The Kier molecular flexibility index (Phi) is 7.87. The van der Waals surface area contributed by atoms with Crippen LogP contribution in [0.1, 0.15) is 42.5 Å². The second-order valence-corrected chi connectivity index (χ2v) is 4.70. The first-order valence-electron chi connectivity index (χ1n) is 7.11. The van der Waals surface area contributed by atoms with Gasteiger partial charge in [0.05, 0.1) is 7.11 Å². The van der Waals surface area contributed by atoms with Crippen LogP contribution in [0.25, 0.3) is 0 Å². The van der Waals surface area contributed by atoms with Crippen molar-refractivity contribution < 1.29 is 19.1 Å². The number of ketones is 1. The van der Waals surface area contributed by atoms with Gasteiger partial charge in [-0.3, -0.25) is 9.59 Å². The van der Waals surface area contributed by atoms with E-state index in [-0.39, 0.29) is 18.4 Å². The maximum atomic E-state index is 11.9. The van der Waals surface area contributed by atoms with Crippen LogP contribution in [0.4, 0.5) is 0 Å². The Balaban J connectivity index is 2.28. The van der Waals surface area contributed by atoms with Crippen molar-refractivity contribution in [3.63, 3.8) is 0 Å². The molecule has 0 N–H and O–H groups in total. The van der Waals surface area contributed by atoms with Gasteiger partial charge < -0.3 is 9.47 Å². The third-order valence-corrected chi connectivity index (χ3v) is 3.05. The number of carbonyl (C=O) groups excluding carboxylic acids is 2. The molecular weight excluding hydrogens is 268 g/mol. The molecule has 0 saturated heterocycles. The van der Waals surface area contributed by atoms with Gasteiger partial charge in [0.1, 0.15) is 5.75 Å². The highest BCUT2D eigenvalue weighted by molar-refractivity contribution is 5.98. The van der Waals surface area contributed by atoms with E-state index in [4.69, 9.17) is 9.47 Å². The number of allylic oxidation sites excluding steroid dienone is 1. The van der Waals surface area contributed by atoms with Crippen LogP contribution in [0.2, 0.25) is 0 Å². The fourth-order valence-electron chi connectivity index (χ4n) is 1.83. The molecule has 0 fully saturated rings. The number of ether oxygens (including phenoxy) is 2. The lowest BCUT2D eigenvalue weighted by Gasteiger charge is -2.05. The van der Waals surface area contributed by atoms with Gasteiger partial charge in [0, 0.05) is 12.0 Å². The average Bonchev–Trinajstić information content (AvgIpc) is 2.52. The highest BCUT2D eigenvalue weighted by atomic mass is 16.5. The first kappa shape index (κ1) is 17.0. The molecule has 21 heavy (non-hydrogen) atoms. The molecule has 1 aromatic rings. The number of hydrogen-bond donors (Lipinski definition) is 0. The van der Waals surface area contributed by atoms with Crippen molar-refractivity contribution in [1.29, 1.82) is 0 Å². The summed E-state index contributed by atoms with van der Waals surface area (Å²) in [5.74, 6) is 0.0492. The molecule has 114 valence electrons. The lowest BCUT2D eigenvalue weighted by Crippen LogP contribution is -2.14. The fraction of sp³-hybridized carbons (Fsp3) is 0.412. The molecule has 0 saturated carbocycles. The molecule has 0 heterocycles. The number of carbonyl (C=O) groups is 2. The minimum Gasteiger partial charge on any atom is -0.497 e. The Morgan fingerprint density at radius 1 is 1.24 bits per heavy atom. The molecule has 0 aromatic heterocycles. The van der Waals surface area contributed by atoms with Crippen molar-refractivity contribution in [2.75, 3.05) is 13.7 Å². The molecule has 0 bridgehead atoms. The van der Waals surface area contributed by atoms with Crippen LogP contribution in [0.5, 0.6) is 5.75 Å². The molecule has 0 spiro atoms. The van der Waals surface area contributed by atoms with Crippen LogP contribution in [-0.4, -0.2) is 25.5 Å². The zero-order chi connectivity index (χ0) is 15.5. The molecule has 0 unspecified atom stereocenters. The number of unbranched alkanes of at least 4 members (excludes halogenated alkanes) is 3. The van der Waals surface area contributed by atoms with Gasteiger partial charge in [0.2, 0.25) is 0 Å². The highest BCUT2D eigenvalue weighted by Gasteiger charge is 2.10. The van der Waals surface area contributed by atoms with Crippen LogP contribution in [0.3, 0.4) is 0 Å². The predicted octanol–water partition coefficient (Wildman–Crippen LogP) is 3.56. The lowest BCUT2D eigenvalue weighted by atomic mass is 10.1. The highest BCUT2D eigenvalue weighted by Crippen LogP contribution is 2.13. The Morgan fingerprint density at radius 3 is 2.76 bits per heavy atom. The van der Waals surface area contributed by atoms with E-state index < -0.39 is 0 Å². The van der Waals surface area contributed by atoms with Crippen LogP contribution >= 0.6 is 0 Å². The molecule has 0 aliphatic heterocycles. The summed E-state index contributed by atoms with van der Waals surface area (Å²) >= 11 is 0. The molecule has 1 aromatic carbocycles. The third-order valence-electron chi connectivity index (χ3n) is 3.05. The number of benzene rings is 1. The summed E-state index contributed by atoms with van der Waals surface area (Å²) < 4.78 is 10.0. The van der Waals surface area contributed by atoms with Gasteiger partial charge >= 0.3 is 5.97 Å². The Bertz CT molecular complexity index is 479. The summed E-state index contributed by atoms with van der Waals surface area (Å²) in [5, 5.41) is 0. The standard InChI is InChI=1S/C17H22O4/c1-3-4-5-6-7-11-17(19)21-13-16(18)14-9-8-10-15(12-14)20-2/h3,8-10,12H,1,4-7,11,13H2,2H3. The minimum atomic E-state index is -0.329. The van der Waals surface area contributed by atoms with Crippen molar-refractivity contribution in [2.45, 2.75) is 32.1 Å². The van der Waals surface area contributed by atoms with Crippen molar-refractivity contribution in [1.82, 2.24) is 0 Å². The SMILES string of the molecule is C=CCCCCCC(=O)OCC(=O)c1cccc(OC)c1. The number of hydrogen-bond acceptors (Lipinski definition) is 4. The van der Waals surface area contributed by atoms with E-state index in [0.29, 0.717) is 17.7 Å². The fourth-order valence-corrected chi connectivity index (χ4v) is 1.83. The monoisotopic (exact) mass is 290 g/mol. The van der Waals surface area contributed by atoms with Gasteiger partial charge in [-0.2, -0.15) is 0 Å². The molecule has 0 amide bonds. The maximum Gasteiger partial charge on any atom is 0.306 e. The van der Waals surface area contributed by atoms with Crippen molar-refractivity contribution in [3.8, 4) is 5.75 Å². The molecule has 1 rings (SSSR count). The molecular formula is C17H22O4. The van der Waals surface area contributed by atoms with Gasteiger partial charge in [-0.05, 0) is 31.4 Å². The van der Waals surface area contributed by atoms with Crippen molar-refractivity contribution in [3.05, 3.63) is 42.5 Å². The molecule has 0 aliphatic rings. The number of methoxy groups -OCH3 is 1. The zero-order valence-corrected chi connectivity index (χ0v) is 12.5. The van der Waals surface area contributed by atoms with E-state index in [1.165, 1.54) is 7.11 Å². The Morgan fingerprint density at radius 2 is 2.05 bits per heavy atom.